The Labute approximate surface area is 108 Å². The molecular weight excluding hydrogens is 256 g/mol. The minimum Gasteiger partial charge on any atom is -0.481 e. The van der Waals surface area contributed by atoms with E-state index in [1.54, 1.807) is 12.1 Å². The number of nitrogens with zero attached hydrogens (tertiary/aromatic N) is 4. The molecule has 0 aliphatic rings. The Kier molecular flexibility index (Phi) is 7.57. The van der Waals surface area contributed by atoms with E-state index in [-0.39, 0.29) is 6.42 Å². The second kappa shape index (κ2) is 8.66. The molecule has 0 radical (unpaired) electrons. The zero-order valence-electron chi connectivity index (χ0n) is 9.84. The van der Waals surface area contributed by atoms with Gasteiger partial charge in [-0.2, -0.15) is 20.3 Å². The molecular formula is C10H12N4O5. The first kappa shape index (κ1) is 16.6. The number of aliphatic hydroxyl groups is 1. The van der Waals surface area contributed by atoms with Crippen LogP contribution in [0.5, 0.6) is 0 Å². The van der Waals surface area contributed by atoms with Crippen molar-refractivity contribution < 1.29 is 15.0 Å². The third-order valence-corrected chi connectivity index (χ3v) is 2.55. The molecule has 0 saturated carbocycles. The van der Waals surface area contributed by atoms with Crippen molar-refractivity contribution in [2.75, 3.05) is 6.54 Å². The van der Waals surface area contributed by atoms with Crippen molar-refractivity contribution in [2.45, 2.75) is 25.0 Å². The summed E-state index contributed by atoms with van der Waals surface area (Å²) in [5.74, 6) is -3.52. The third-order valence-electron chi connectivity index (χ3n) is 2.55. The fourth-order valence-corrected chi connectivity index (χ4v) is 1.50. The number of nitriles is 2. The van der Waals surface area contributed by atoms with Gasteiger partial charge in [0.05, 0.1) is 36.5 Å². The zero-order valence-corrected chi connectivity index (χ0v) is 9.84. The molecule has 0 bridgehead atoms. The lowest BCUT2D eigenvalue weighted by molar-refractivity contribution is -0.137. The molecule has 9 nitrogen and oxygen atoms in total. The number of carboxylic acids is 1. The minimum atomic E-state index is -1.37. The van der Waals surface area contributed by atoms with Crippen LogP contribution in [0.25, 0.3) is 0 Å². The number of aliphatic carboxylic acids is 1. The molecule has 0 aliphatic carbocycles. The second-order valence-corrected chi connectivity index (χ2v) is 3.86. The van der Waals surface area contributed by atoms with Crippen molar-refractivity contribution in [3.8, 4) is 12.1 Å². The van der Waals surface area contributed by atoms with Crippen LogP contribution in [0.2, 0.25) is 0 Å². The maximum atomic E-state index is 10.5. The molecule has 0 aromatic carbocycles. The van der Waals surface area contributed by atoms with Crippen molar-refractivity contribution in [3.05, 3.63) is 9.81 Å². The first-order valence-electron chi connectivity index (χ1n) is 5.30. The van der Waals surface area contributed by atoms with Gasteiger partial charge >= 0.3 is 5.97 Å². The maximum absolute atomic E-state index is 10.5. The van der Waals surface area contributed by atoms with Gasteiger partial charge in [-0.05, 0) is 6.42 Å². The standard InChI is InChI=1S/C10H12N4O5/c11-3-6(8(14-19)2-10(16)17)1-7(4-12)9(15)5-13-18/h6-9,15H,1-2,5H2,(H,16,17). The molecule has 0 saturated heterocycles. The van der Waals surface area contributed by atoms with E-state index in [0.29, 0.717) is 0 Å². The van der Waals surface area contributed by atoms with Crippen LogP contribution in [0.4, 0.5) is 0 Å². The highest BCUT2D eigenvalue weighted by atomic mass is 16.4. The molecule has 2 N–H and O–H groups in total. The van der Waals surface area contributed by atoms with Crippen LogP contribution in [0.1, 0.15) is 12.8 Å². The fraction of sp³-hybridized carbons (Fsp3) is 0.700. The van der Waals surface area contributed by atoms with E-state index in [0.717, 1.165) is 0 Å². The maximum Gasteiger partial charge on any atom is 0.305 e. The average molecular weight is 268 g/mol. The number of aliphatic hydroxyl groups excluding tert-OH is 1. The highest BCUT2D eigenvalue weighted by Crippen LogP contribution is 2.22. The van der Waals surface area contributed by atoms with Gasteiger partial charge < -0.3 is 10.2 Å². The lowest BCUT2D eigenvalue weighted by atomic mass is 9.86. The summed E-state index contributed by atoms with van der Waals surface area (Å²) < 4.78 is 0. The Hall–Kier alpha value is -2.39. The SMILES string of the molecule is N#CC(CC(C#N)C(CC(=O)O)N=O)C(O)CN=O. The Morgan fingerprint density at radius 3 is 2.16 bits per heavy atom. The number of rotatable bonds is 9. The molecule has 0 rings (SSSR count). The first-order chi connectivity index (χ1) is 8.99. The van der Waals surface area contributed by atoms with Gasteiger partial charge in [0.15, 0.2) is 0 Å². The van der Waals surface area contributed by atoms with E-state index in [1.807, 2.05) is 0 Å². The van der Waals surface area contributed by atoms with Crippen molar-refractivity contribution in [3.63, 3.8) is 0 Å². The normalized spacial score (nSPS) is 16.2. The summed E-state index contributed by atoms with van der Waals surface area (Å²) in [4.78, 5) is 31.0. The van der Waals surface area contributed by atoms with Crippen LogP contribution in [-0.4, -0.2) is 34.9 Å². The Bertz CT molecular complexity index is 413. The molecule has 4 atom stereocenters. The number of hydrogen-bond acceptors (Lipinski definition) is 8. The van der Waals surface area contributed by atoms with Gasteiger partial charge in [-0.25, -0.2) is 0 Å². The van der Waals surface area contributed by atoms with Gasteiger partial charge in [-0.1, -0.05) is 10.4 Å². The predicted octanol–water partition coefficient (Wildman–Crippen LogP) is 0.393. The predicted molar refractivity (Wildman–Crippen MR) is 61.3 cm³/mol. The summed E-state index contributed by atoms with van der Waals surface area (Å²) in [5.41, 5.74) is 0. The molecule has 19 heavy (non-hydrogen) atoms. The van der Waals surface area contributed by atoms with Crippen molar-refractivity contribution in [2.24, 2.45) is 22.2 Å². The van der Waals surface area contributed by atoms with Gasteiger partial charge in [-0.15, -0.1) is 0 Å². The Morgan fingerprint density at radius 1 is 1.21 bits per heavy atom. The van der Waals surface area contributed by atoms with E-state index in [2.05, 4.69) is 10.4 Å². The van der Waals surface area contributed by atoms with E-state index in [9.17, 15) is 19.7 Å². The molecule has 102 valence electrons. The topological polar surface area (TPSA) is 164 Å². The molecule has 0 aromatic heterocycles. The number of hydrogen-bond donors (Lipinski definition) is 2. The van der Waals surface area contributed by atoms with Gasteiger partial charge in [0, 0.05) is 0 Å². The zero-order chi connectivity index (χ0) is 14.8. The summed E-state index contributed by atoms with van der Waals surface area (Å²) in [6.07, 6.45) is -2.26. The Balaban J connectivity index is 4.81. The average Bonchev–Trinajstić information content (AvgIpc) is 2.37. The molecule has 0 aliphatic heterocycles. The number of nitroso groups, excluding NO2 is 2. The second-order valence-electron chi connectivity index (χ2n) is 3.86. The van der Waals surface area contributed by atoms with E-state index >= 15 is 0 Å². The van der Waals surface area contributed by atoms with Crippen LogP contribution in [-0.2, 0) is 4.79 Å². The van der Waals surface area contributed by atoms with Gasteiger partial charge in [-0.3, -0.25) is 4.79 Å². The lowest BCUT2D eigenvalue weighted by Crippen LogP contribution is -2.29. The van der Waals surface area contributed by atoms with Gasteiger partial charge in [0.1, 0.15) is 12.6 Å². The first-order valence-corrected chi connectivity index (χ1v) is 5.30. The minimum absolute atomic E-state index is 0.257. The third kappa shape index (κ3) is 5.66. The highest BCUT2D eigenvalue weighted by molar-refractivity contribution is 5.67. The number of carbonyl (C=O) groups is 1. The molecule has 0 spiro atoms. The fourth-order valence-electron chi connectivity index (χ4n) is 1.50. The summed E-state index contributed by atoms with van der Waals surface area (Å²) >= 11 is 0. The molecule has 4 unspecified atom stereocenters. The van der Waals surface area contributed by atoms with Crippen LogP contribution in [0, 0.1) is 44.3 Å². The van der Waals surface area contributed by atoms with E-state index in [4.69, 9.17) is 15.6 Å². The molecule has 0 amide bonds. The van der Waals surface area contributed by atoms with Gasteiger partial charge in [0.2, 0.25) is 0 Å². The molecule has 0 heterocycles. The van der Waals surface area contributed by atoms with E-state index < -0.39 is 42.9 Å². The van der Waals surface area contributed by atoms with Crippen molar-refractivity contribution in [1.82, 2.24) is 0 Å². The van der Waals surface area contributed by atoms with E-state index in [1.165, 1.54) is 0 Å². The van der Waals surface area contributed by atoms with Crippen LogP contribution >= 0.6 is 0 Å². The largest absolute Gasteiger partial charge is 0.481 e. The molecule has 0 fully saturated rings. The quantitative estimate of drug-likeness (QED) is 0.570. The summed E-state index contributed by atoms with van der Waals surface area (Å²) in [5, 5.41) is 40.7. The smallest absolute Gasteiger partial charge is 0.305 e. The highest BCUT2D eigenvalue weighted by Gasteiger charge is 2.31. The Morgan fingerprint density at radius 2 is 1.79 bits per heavy atom. The molecule has 0 aromatic rings. The monoisotopic (exact) mass is 268 g/mol. The summed E-state index contributed by atoms with van der Waals surface area (Å²) in [6.45, 7) is -0.519. The lowest BCUT2D eigenvalue weighted by Gasteiger charge is -2.19. The van der Waals surface area contributed by atoms with Crippen molar-refractivity contribution >= 4 is 5.97 Å². The van der Waals surface area contributed by atoms with Crippen LogP contribution < -0.4 is 0 Å². The number of carboxylic acid groups (broad SMARTS) is 1. The van der Waals surface area contributed by atoms with Crippen LogP contribution in [0.15, 0.2) is 10.4 Å². The van der Waals surface area contributed by atoms with Crippen molar-refractivity contribution in [1.29, 1.82) is 10.5 Å². The van der Waals surface area contributed by atoms with Gasteiger partial charge in [0.25, 0.3) is 0 Å². The molecule has 9 heteroatoms. The summed E-state index contributed by atoms with van der Waals surface area (Å²) in [7, 11) is 0. The summed E-state index contributed by atoms with van der Waals surface area (Å²) in [6, 6.07) is 2.07. The van der Waals surface area contributed by atoms with Crippen LogP contribution in [0.3, 0.4) is 0 Å².